The predicted octanol–water partition coefficient (Wildman–Crippen LogP) is 4.85. The van der Waals surface area contributed by atoms with Gasteiger partial charge in [-0.2, -0.15) is 20.1 Å². The molecule has 4 N–H and O–H groups in total. The lowest BCUT2D eigenvalue weighted by molar-refractivity contribution is 0.0693. The molecule has 0 atom stereocenters. The molecule has 0 spiro atoms. The van der Waals surface area contributed by atoms with Crippen LogP contribution in [-0.4, -0.2) is 50.4 Å². The fraction of sp³-hybridized carbons (Fsp3) is 0.192. The van der Waals surface area contributed by atoms with Crippen molar-refractivity contribution >= 4 is 35.7 Å². The highest BCUT2D eigenvalue weighted by Gasteiger charge is 2.17. The predicted molar refractivity (Wildman–Crippen MR) is 140 cm³/mol. The fourth-order valence-corrected chi connectivity index (χ4v) is 3.96. The number of halogens is 1. The molecule has 194 valence electrons. The molecule has 38 heavy (non-hydrogen) atoms. The SMILES string of the molecule is O=C(O)c1cc(-c2ccc(/C=N/Nc3nc(Nc4ccc(F)cc4)nc(N4CCCCC4)n3)o2)ccc1O. The average Bonchev–Trinajstić information content (AvgIpc) is 3.39. The Bertz CT molecular complexity index is 1470. The van der Waals surface area contributed by atoms with E-state index in [-0.39, 0.29) is 29.0 Å². The third-order valence-electron chi connectivity index (χ3n) is 5.86. The lowest BCUT2D eigenvalue weighted by Crippen LogP contribution is -2.31. The molecule has 1 aliphatic heterocycles. The van der Waals surface area contributed by atoms with E-state index in [0.717, 1.165) is 32.4 Å². The van der Waals surface area contributed by atoms with Crippen LogP contribution in [0.1, 0.15) is 35.4 Å². The Morgan fingerprint density at radius 1 is 1.00 bits per heavy atom. The normalized spacial score (nSPS) is 13.6. The molecule has 0 aliphatic carbocycles. The van der Waals surface area contributed by atoms with Crippen LogP contribution in [0.3, 0.4) is 0 Å². The number of nitrogens with one attached hydrogen (secondary N) is 2. The highest BCUT2D eigenvalue weighted by Crippen LogP contribution is 2.27. The molecule has 1 fully saturated rings. The van der Waals surface area contributed by atoms with Crippen molar-refractivity contribution in [2.24, 2.45) is 5.10 Å². The molecular formula is C26H24FN7O4. The number of rotatable bonds is 8. The summed E-state index contributed by atoms with van der Waals surface area (Å²) in [7, 11) is 0. The van der Waals surface area contributed by atoms with E-state index in [4.69, 9.17) is 4.42 Å². The number of aromatic carboxylic acids is 1. The summed E-state index contributed by atoms with van der Waals surface area (Å²) in [5, 5.41) is 26.2. The first-order valence-electron chi connectivity index (χ1n) is 11.9. The molecule has 0 saturated carbocycles. The van der Waals surface area contributed by atoms with E-state index in [1.165, 1.54) is 30.5 Å². The largest absolute Gasteiger partial charge is 0.507 e. The summed E-state index contributed by atoms with van der Waals surface area (Å²) in [4.78, 5) is 26.8. The third kappa shape index (κ3) is 5.86. The van der Waals surface area contributed by atoms with Crippen molar-refractivity contribution in [1.82, 2.24) is 15.0 Å². The minimum atomic E-state index is -1.24. The van der Waals surface area contributed by atoms with Crippen LogP contribution in [0.5, 0.6) is 5.75 Å². The van der Waals surface area contributed by atoms with Gasteiger partial charge in [0.25, 0.3) is 0 Å². The van der Waals surface area contributed by atoms with Crippen molar-refractivity contribution in [1.29, 1.82) is 0 Å². The molecule has 3 heterocycles. The molecule has 0 radical (unpaired) electrons. The van der Waals surface area contributed by atoms with Gasteiger partial charge in [-0.05, 0) is 73.9 Å². The van der Waals surface area contributed by atoms with Gasteiger partial charge in [0.1, 0.15) is 28.7 Å². The smallest absolute Gasteiger partial charge is 0.339 e. The van der Waals surface area contributed by atoms with Crippen molar-refractivity contribution in [2.45, 2.75) is 19.3 Å². The van der Waals surface area contributed by atoms with E-state index in [0.29, 0.717) is 28.7 Å². The molecule has 5 rings (SSSR count). The number of aromatic hydroxyl groups is 1. The highest BCUT2D eigenvalue weighted by atomic mass is 19.1. The first-order chi connectivity index (χ1) is 18.4. The Kier molecular flexibility index (Phi) is 7.11. The van der Waals surface area contributed by atoms with Crippen molar-refractivity contribution in [3.63, 3.8) is 0 Å². The number of piperidine rings is 1. The standard InChI is InChI=1S/C26H24FN7O4/c27-17-5-7-18(8-6-17)29-24-30-25(32-26(31-24)34-12-2-1-3-13-34)33-28-15-19-9-11-22(38-19)16-4-10-21(35)20(14-16)23(36)37/h4-11,14-15,35H,1-3,12-13H2,(H,36,37)(H2,29,30,31,32,33)/b28-15+. The Hall–Kier alpha value is -5.00. The number of hydrazone groups is 1. The second-order valence-corrected chi connectivity index (χ2v) is 8.57. The number of nitrogens with zero attached hydrogens (tertiary/aromatic N) is 5. The Morgan fingerprint density at radius 2 is 1.76 bits per heavy atom. The second kappa shape index (κ2) is 10.9. The average molecular weight is 518 g/mol. The maximum atomic E-state index is 13.3. The van der Waals surface area contributed by atoms with E-state index < -0.39 is 5.97 Å². The summed E-state index contributed by atoms with van der Waals surface area (Å²) in [5.41, 5.74) is 3.69. The number of carboxylic acids is 1. The molecule has 1 saturated heterocycles. The van der Waals surface area contributed by atoms with Gasteiger partial charge in [-0.3, -0.25) is 0 Å². The molecular weight excluding hydrogens is 493 g/mol. The van der Waals surface area contributed by atoms with Crippen LogP contribution < -0.4 is 15.6 Å². The number of anilines is 4. The molecule has 11 nitrogen and oxygen atoms in total. The summed E-state index contributed by atoms with van der Waals surface area (Å²) >= 11 is 0. The number of hydrogen-bond acceptors (Lipinski definition) is 10. The van der Waals surface area contributed by atoms with E-state index in [2.05, 4.69) is 35.7 Å². The zero-order valence-electron chi connectivity index (χ0n) is 20.1. The van der Waals surface area contributed by atoms with Gasteiger partial charge in [-0.1, -0.05) is 0 Å². The first kappa shape index (κ1) is 24.7. The maximum absolute atomic E-state index is 13.3. The van der Waals surface area contributed by atoms with Crippen LogP contribution >= 0.6 is 0 Å². The summed E-state index contributed by atoms with van der Waals surface area (Å²) in [5.74, 6) is -0.108. The lowest BCUT2D eigenvalue weighted by Gasteiger charge is -2.26. The minimum Gasteiger partial charge on any atom is -0.507 e. The molecule has 2 aromatic carbocycles. The molecule has 2 aromatic heterocycles. The number of furan rings is 1. The van der Waals surface area contributed by atoms with Gasteiger partial charge in [-0.15, -0.1) is 0 Å². The van der Waals surface area contributed by atoms with Crippen molar-refractivity contribution in [3.05, 3.63) is 71.7 Å². The molecule has 0 unspecified atom stereocenters. The molecule has 0 bridgehead atoms. The molecule has 0 amide bonds. The Labute approximate surface area is 216 Å². The van der Waals surface area contributed by atoms with Crippen LogP contribution in [0, 0.1) is 5.82 Å². The van der Waals surface area contributed by atoms with Gasteiger partial charge in [0, 0.05) is 24.3 Å². The fourth-order valence-electron chi connectivity index (χ4n) is 3.96. The Balaban J connectivity index is 1.34. The number of carbonyl (C=O) groups is 1. The minimum absolute atomic E-state index is 0.206. The monoisotopic (exact) mass is 517 g/mol. The van der Waals surface area contributed by atoms with Gasteiger partial charge < -0.3 is 24.8 Å². The van der Waals surface area contributed by atoms with Crippen molar-refractivity contribution in [2.75, 3.05) is 28.7 Å². The van der Waals surface area contributed by atoms with Gasteiger partial charge >= 0.3 is 5.97 Å². The summed E-state index contributed by atoms with van der Waals surface area (Å²) in [6.45, 7) is 1.66. The number of aromatic nitrogens is 3. The van der Waals surface area contributed by atoms with E-state index >= 15 is 0 Å². The maximum Gasteiger partial charge on any atom is 0.339 e. The third-order valence-corrected chi connectivity index (χ3v) is 5.86. The lowest BCUT2D eigenvalue weighted by atomic mass is 10.1. The summed E-state index contributed by atoms with van der Waals surface area (Å²) < 4.78 is 19.0. The van der Waals surface area contributed by atoms with E-state index in [1.807, 2.05) is 0 Å². The quantitative estimate of drug-likeness (QED) is 0.189. The zero-order chi connectivity index (χ0) is 26.5. The number of hydrogen-bond donors (Lipinski definition) is 4. The molecule has 12 heteroatoms. The van der Waals surface area contributed by atoms with Gasteiger partial charge in [0.2, 0.25) is 17.8 Å². The van der Waals surface area contributed by atoms with Crippen LogP contribution in [0.15, 0.2) is 64.1 Å². The van der Waals surface area contributed by atoms with Crippen LogP contribution in [0.2, 0.25) is 0 Å². The van der Waals surface area contributed by atoms with Crippen LogP contribution in [0.25, 0.3) is 11.3 Å². The Morgan fingerprint density at radius 3 is 2.53 bits per heavy atom. The van der Waals surface area contributed by atoms with E-state index in [1.54, 1.807) is 30.3 Å². The summed E-state index contributed by atoms with van der Waals surface area (Å²) in [6.07, 6.45) is 4.68. The van der Waals surface area contributed by atoms with E-state index in [9.17, 15) is 19.4 Å². The van der Waals surface area contributed by atoms with Gasteiger partial charge in [-0.25, -0.2) is 14.6 Å². The number of benzene rings is 2. The number of phenols is 1. The number of carboxylic acid groups (broad SMARTS) is 1. The summed E-state index contributed by atoms with van der Waals surface area (Å²) in [6, 6.07) is 13.4. The van der Waals surface area contributed by atoms with Crippen LogP contribution in [0.4, 0.5) is 27.9 Å². The molecule has 4 aromatic rings. The first-order valence-corrected chi connectivity index (χ1v) is 11.9. The second-order valence-electron chi connectivity index (χ2n) is 8.57. The topological polar surface area (TPSA) is 149 Å². The van der Waals surface area contributed by atoms with Crippen LogP contribution in [-0.2, 0) is 0 Å². The van der Waals surface area contributed by atoms with Gasteiger partial charge in [0.05, 0.1) is 6.21 Å². The molecule has 1 aliphatic rings. The zero-order valence-corrected chi connectivity index (χ0v) is 20.1. The van der Waals surface area contributed by atoms with Crippen molar-refractivity contribution < 1.29 is 23.8 Å². The van der Waals surface area contributed by atoms with Gasteiger partial charge in [0.15, 0.2) is 0 Å². The van der Waals surface area contributed by atoms with Crippen molar-refractivity contribution in [3.8, 4) is 17.1 Å². The highest BCUT2D eigenvalue weighted by molar-refractivity contribution is 5.92.